The minimum absolute atomic E-state index is 0.0712. The number of piperidine rings is 1. The Labute approximate surface area is 256 Å². The van der Waals surface area contributed by atoms with Crippen molar-refractivity contribution in [3.05, 3.63) is 57.5 Å². The second-order valence-electron chi connectivity index (χ2n) is 13.1. The molecule has 4 bridgehead atoms. The number of amides is 2. The van der Waals surface area contributed by atoms with Gasteiger partial charge in [0.05, 0.1) is 23.5 Å². The zero-order valence-corrected chi connectivity index (χ0v) is 25.6. The van der Waals surface area contributed by atoms with Crippen LogP contribution in [0.1, 0.15) is 64.4 Å². The van der Waals surface area contributed by atoms with Crippen LogP contribution in [0.5, 0.6) is 0 Å². The molecule has 1 aromatic carbocycles. The fourth-order valence-electron chi connectivity index (χ4n) is 7.25. The molecule has 11 heteroatoms. The summed E-state index contributed by atoms with van der Waals surface area (Å²) in [6.07, 6.45) is 6.55. The summed E-state index contributed by atoms with van der Waals surface area (Å²) < 4.78 is 21.2. The van der Waals surface area contributed by atoms with Gasteiger partial charge in [-0.3, -0.25) is 14.4 Å². The maximum Gasteiger partial charge on any atom is 0.319 e. The summed E-state index contributed by atoms with van der Waals surface area (Å²) in [6, 6.07) is 3.41. The van der Waals surface area contributed by atoms with Gasteiger partial charge in [0, 0.05) is 40.6 Å². The summed E-state index contributed by atoms with van der Waals surface area (Å²) >= 11 is 12.8. The number of nitrogens with two attached hydrogens (primary N) is 1. The van der Waals surface area contributed by atoms with E-state index in [1.165, 1.54) is 6.07 Å². The first-order valence-corrected chi connectivity index (χ1v) is 15.4. The molecule has 228 valence electrons. The van der Waals surface area contributed by atoms with Crippen LogP contribution in [0.3, 0.4) is 0 Å². The molecule has 2 unspecified atom stereocenters. The second kappa shape index (κ2) is 12.3. The van der Waals surface area contributed by atoms with Gasteiger partial charge in [-0.15, -0.1) is 0 Å². The van der Waals surface area contributed by atoms with Gasteiger partial charge < -0.3 is 26.4 Å². The van der Waals surface area contributed by atoms with Gasteiger partial charge in [0.15, 0.2) is 0 Å². The zero-order chi connectivity index (χ0) is 30.3. The zero-order valence-electron chi connectivity index (χ0n) is 24.1. The highest BCUT2D eigenvalue weighted by Crippen LogP contribution is 2.51. The van der Waals surface area contributed by atoms with E-state index in [0.29, 0.717) is 42.8 Å². The van der Waals surface area contributed by atoms with Crippen LogP contribution in [-0.2, 0) is 19.1 Å². The summed E-state index contributed by atoms with van der Waals surface area (Å²) in [7, 11) is 0. The Bertz CT molecular complexity index is 1300. The van der Waals surface area contributed by atoms with Gasteiger partial charge in [-0.25, -0.2) is 4.39 Å². The highest BCUT2D eigenvalue weighted by Gasteiger charge is 2.56. The Hall–Kier alpha value is -2.46. The van der Waals surface area contributed by atoms with E-state index in [4.69, 9.17) is 33.7 Å². The van der Waals surface area contributed by atoms with Gasteiger partial charge in [0.1, 0.15) is 11.9 Å². The molecule has 2 aliphatic heterocycles. The first-order valence-electron chi connectivity index (χ1n) is 14.7. The topological polar surface area (TPSA) is 123 Å². The van der Waals surface area contributed by atoms with E-state index in [-0.39, 0.29) is 64.4 Å². The van der Waals surface area contributed by atoms with Crippen molar-refractivity contribution in [2.75, 3.05) is 6.54 Å². The van der Waals surface area contributed by atoms with Crippen LogP contribution in [0.4, 0.5) is 4.39 Å². The molecule has 2 heterocycles. The summed E-state index contributed by atoms with van der Waals surface area (Å²) in [4.78, 5) is 39.6. The van der Waals surface area contributed by atoms with Crippen molar-refractivity contribution in [1.82, 2.24) is 16.0 Å². The Morgan fingerprint density at radius 1 is 1.12 bits per heavy atom. The highest BCUT2D eigenvalue weighted by molar-refractivity contribution is 6.31. The lowest BCUT2D eigenvalue weighted by Crippen LogP contribution is -2.55. The highest BCUT2D eigenvalue weighted by atomic mass is 35.5. The standard InChI is InChI=1S/C31H39Cl2FN4O4/c1-31(2,3)13-22-24-19-11-15(32)12-21(24)38-29(40)26(19)25(18-5-4-6-20(33)27(18)34)28(37-22)30(41)36-16-7-9-17(10-8-16)42-23(39)14-35/h4-6,11-12,16-17,19,22,24-26,28,37H,7-10,13-14,35H2,1-3H3,(H,36,41)(H,38,40)/t16?,17?,19?,22-,24?,25-,26-,28-/m1/s1. The fourth-order valence-corrected chi connectivity index (χ4v) is 7.70. The quantitative estimate of drug-likeness (QED) is 0.352. The molecular weight excluding hydrogens is 582 g/mol. The molecule has 2 amide bonds. The number of esters is 1. The Balaban J connectivity index is 1.52. The molecule has 2 saturated heterocycles. The van der Waals surface area contributed by atoms with Gasteiger partial charge in [-0.2, -0.15) is 0 Å². The molecule has 5 N–H and O–H groups in total. The van der Waals surface area contributed by atoms with E-state index in [1.54, 1.807) is 18.2 Å². The molecule has 0 aromatic heterocycles. The third kappa shape index (κ3) is 6.39. The van der Waals surface area contributed by atoms with Crippen molar-refractivity contribution >= 4 is 41.0 Å². The van der Waals surface area contributed by atoms with Gasteiger partial charge >= 0.3 is 5.97 Å². The van der Waals surface area contributed by atoms with Crippen LogP contribution in [0.2, 0.25) is 5.02 Å². The predicted molar refractivity (Wildman–Crippen MR) is 159 cm³/mol. The van der Waals surface area contributed by atoms with E-state index in [9.17, 15) is 14.4 Å². The van der Waals surface area contributed by atoms with Crippen LogP contribution >= 0.6 is 23.2 Å². The molecule has 2 aliphatic carbocycles. The lowest BCUT2D eigenvalue weighted by atomic mass is 9.64. The van der Waals surface area contributed by atoms with Crippen molar-refractivity contribution in [2.24, 2.45) is 28.9 Å². The lowest BCUT2D eigenvalue weighted by Gasteiger charge is -2.44. The van der Waals surface area contributed by atoms with Gasteiger partial charge in [-0.1, -0.05) is 62.2 Å². The largest absolute Gasteiger partial charge is 0.461 e. The molecule has 0 radical (unpaired) electrons. The van der Waals surface area contributed by atoms with Crippen LogP contribution in [-0.4, -0.2) is 48.6 Å². The monoisotopic (exact) mass is 620 g/mol. The number of halogens is 3. The molecule has 42 heavy (non-hydrogen) atoms. The van der Waals surface area contributed by atoms with Crippen LogP contribution in [0.15, 0.2) is 41.1 Å². The lowest BCUT2D eigenvalue weighted by molar-refractivity contribution is -0.149. The number of carbonyl (C=O) groups is 3. The Morgan fingerprint density at radius 3 is 2.50 bits per heavy atom. The molecular formula is C31H39Cl2FN4O4. The van der Waals surface area contributed by atoms with E-state index in [1.807, 2.05) is 6.08 Å². The van der Waals surface area contributed by atoms with Crippen molar-refractivity contribution < 1.29 is 23.5 Å². The molecule has 5 rings (SSSR count). The minimum Gasteiger partial charge on any atom is -0.461 e. The summed E-state index contributed by atoms with van der Waals surface area (Å²) in [6.45, 7) is 6.22. The van der Waals surface area contributed by atoms with Crippen molar-refractivity contribution in [2.45, 2.75) is 83.0 Å². The molecule has 4 aliphatic rings. The van der Waals surface area contributed by atoms with Crippen LogP contribution in [0.25, 0.3) is 0 Å². The summed E-state index contributed by atoms with van der Waals surface area (Å²) in [5.41, 5.74) is 6.19. The Kier molecular flexibility index (Phi) is 9.05. The maximum absolute atomic E-state index is 15.8. The number of hydrogen-bond donors (Lipinski definition) is 4. The predicted octanol–water partition coefficient (Wildman–Crippen LogP) is 4.27. The first kappa shape index (κ1) is 31.0. The van der Waals surface area contributed by atoms with Gasteiger partial charge in [-0.05, 0) is 55.2 Å². The van der Waals surface area contributed by atoms with E-state index in [2.05, 4.69) is 36.7 Å². The number of nitrogens with one attached hydrogen (secondary N) is 3. The molecule has 6 atom stereocenters. The van der Waals surface area contributed by atoms with Crippen LogP contribution in [0, 0.1) is 29.0 Å². The maximum atomic E-state index is 15.8. The third-order valence-electron chi connectivity index (χ3n) is 8.92. The fraction of sp³-hybridized carbons (Fsp3) is 0.581. The summed E-state index contributed by atoms with van der Waals surface area (Å²) in [5.74, 6) is -3.80. The first-order chi connectivity index (χ1) is 19.9. The molecule has 1 aromatic rings. The van der Waals surface area contributed by atoms with Crippen molar-refractivity contribution in [3.63, 3.8) is 0 Å². The van der Waals surface area contributed by atoms with Gasteiger partial charge in [0.2, 0.25) is 11.8 Å². The number of benzene rings is 1. The van der Waals surface area contributed by atoms with Crippen molar-refractivity contribution in [3.8, 4) is 0 Å². The normalized spacial score (nSPS) is 32.6. The SMILES string of the molecule is CC(C)(C)C[C@H]1N[C@@H](C(=O)NC2CCC(OC(=O)CN)CC2)[C@H](c2cccc(Cl)c2F)[C@@H]2C(=O)NC3=CC(Cl)=CC2C31. The summed E-state index contributed by atoms with van der Waals surface area (Å²) in [5, 5.41) is 10.3. The molecule has 8 nitrogen and oxygen atoms in total. The number of hydrogen-bond acceptors (Lipinski definition) is 6. The van der Waals surface area contributed by atoms with Crippen molar-refractivity contribution in [1.29, 1.82) is 0 Å². The van der Waals surface area contributed by atoms with E-state index < -0.39 is 29.7 Å². The number of ether oxygens (including phenoxy) is 1. The van der Waals surface area contributed by atoms with E-state index in [0.717, 1.165) is 0 Å². The van der Waals surface area contributed by atoms with Crippen LogP contribution < -0.4 is 21.7 Å². The van der Waals surface area contributed by atoms with E-state index >= 15 is 4.39 Å². The molecule has 3 fully saturated rings. The average Bonchev–Trinajstić information content (AvgIpc) is 3.01. The number of carbonyl (C=O) groups excluding carboxylic acids is 3. The average molecular weight is 622 g/mol. The molecule has 0 spiro atoms. The Morgan fingerprint density at radius 2 is 1.83 bits per heavy atom. The smallest absolute Gasteiger partial charge is 0.319 e. The second-order valence-corrected chi connectivity index (χ2v) is 14.0. The minimum atomic E-state index is -0.925. The van der Waals surface area contributed by atoms with Gasteiger partial charge in [0.25, 0.3) is 0 Å². The third-order valence-corrected chi connectivity index (χ3v) is 9.44. The number of rotatable bonds is 6. The number of allylic oxidation sites excluding steroid dienone is 3. The molecule has 1 saturated carbocycles.